The van der Waals surface area contributed by atoms with Crippen molar-refractivity contribution in [1.29, 1.82) is 0 Å². The summed E-state index contributed by atoms with van der Waals surface area (Å²) in [5.41, 5.74) is 0.662. The van der Waals surface area contributed by atoms with Gasteiger partial charge in [-0.15, -0.1) is 0 Å². The Morgan fingerprint density at radius 2 is 1.87 bits per heavy atom. The van der Waals surface area contributed by atoms with Gasteiger partial charge < -0.3 is 24.6 Å². The maximum atomic E-state index is 13.4. The van der Waals surface area contributed by atoms with Crippen LogP contribution in [-0.4, -0.2) is 80.8 Å². The smallest absolute Gasteiger partial charge is 0.251 e. The second-order valence-corrected chi connectivity index (χ2v) is 9.05. The molecule has 0 aromatic heterocycles. The van der Waals surface area contributed by atoms with Crippen LogP contribution >= 0.6 is 0 Å². The largest absolute Gasteiger partial charge is 0.381 e. The summed E-state index contributed by atoms with van der Waals surface area (Å²) in [5.74, 6) is -0.798. The fraction of sp³-hybridized carbons (Fsp3) is 0.652. The number of carbonyl (C=O) groups is 2. The van der Waals surface area contributed by atoms with Crippen molar-refractivity contribution >= 4 is 11.8 Å². The fourth-order valence-electron chi connectivity index (χ4n) is 4.98. The van der Waals surface area contributed by atoms with Crippen LogP contribution in [0, 0.1) is 11.2 Å². The van der Waals surface area contributed by atoms with Crippen LogP contribution in [0.5, 0.6) is 0 Å². The van der Waals surface area contributed by atoms with Crippen LogP contribution in [-0.2, 0) is 19.1 Å². The number of hydrogen-bond donors (Lipinski definition) is 1. The van der Waals surface area contributed by atoms with E-state index in [9.17, 15) is 14.0 Å². The third-order valence-corrected chi connectivity index (χ3v) is 6.90. The molecule has 8 heteroatoms. The number of ether oxygens (including phenoxy) is 2. The highest BCUT2D eigenvalue weighted by Crippen LogP contribution is 2.33. The summed E-state index contributed by atoms with van der Waals surface area (Å²) >= 11 is 0. The quantitative estimate of drug-likeness (QED) is 0.740. The van der Waals surface area contributed by atoms with Crippen LogP contribution in [0.3, 0.4) is 0 Å². The van der Waals surface area contributed by atoms with E-state index < -0.39 is 12.1 Å². The van der Waals surface area contributed by atoms with Crippen LogP contribution in [0.15, 0.2) is 24.3 Å². The number of nitrogens with one attached hydrogen (secondary N) is 1. The number of likely N-dealkylation sites (tertiary alicyclic amines) is 1. The molecule has 31 heavy (non-hydrogen) atoms. The molecule has 0 bridgehead atoms. The summed E-state index contributed by atoms with van der Waals surface area (Å²) in [6.07, 6.45) is 3.45. The van der Waals surface area contributed by atoms with Crippen molar-refractivity contribution in [3.63, 3.8) is 0 Å². The van der Waals surface area contributed by atoms with Crippen LogP contribution in [0.1, 0.15) is 37.3 Å². The highest BCUT2D eigenvalue weighted by atomic mass is 19.1. The molecule has 1 aromatic carbocycles. The van der Waals surface area contributed by atoms with Crippen molar-refractivity contribution in [3.05, 3.63) is 35.6 Å². The minimum atomic E-state index is -0.836. The monoisotopic (exact) mass is 433 g/mol. The minimum absolute atomic E-state index is 0.0139. The lowest BCUT2D eigenvalue weighted by Crippen LogP contribution is -2.55. The Morgan fingerprint density at radius 3 is 2.55 bits per heavy atom. The summed E-state index contributed by atoms with van der Waals surface area (Å²) < 4.78 is 24.7. The molecule has 1 aromatic rings. The maximum Gasteiger partial charge on any atom is 0.251 e. The van der Waals surface area contributed by atoms with Crippen molar-refractivity contribution in [2.75, 3.05) is 53.0 Å². The number of carbonyl (C=O) groups excluding carboxylic acids is 2. The van der Waals surface area contributed by atoms with Gasteiger partial charge in [0, 0.05) is 38.8 Å². The van der Waals surface area contributed by atoms with Crippen LogP contribution in [0.2, 0.25) is 0 Å². The van der Waals surface area contributed by atoms with E-state index in [-0.39, 0.29) is 29.7 Å². The summed E-state index contributed by atoms with van der Waals surface area (Å²) in [5, 5.41) is 3.13. The third-order valence-electron chi connectivity index (χ3n) is 6.90. The molecule has 3 heterocycles. The van der Waals surface area contributed by atoms with Gasteiger partial charge in [0.15, 0.2) is 6.10 Å². The van der Waals surface area contributed by atoms with E-state index in [2.05, 4.69) is 10.2 Å². The van der Waals surface area contributed by atoms with Gasteiger partial charge in [0.25, 0.3) is 5.91 Å². The van der Waals surface area contributed by atoms with Crippen molar-refractivity contribution in [1.82, 2.24) is 15.1 Å². The number of morpholine rings is 1. The molecule has 4 rings (SSSR count). The first-order chi connectivity index (χ1) is 15.0. The van der Waals surface area contributed by atoms with Gasteiger partial charge in [0.05, 0.1) is 6.04 Å². The van der Waals surface area contributed by atoms with Crippen molar-refractivity contribution in [3.8, 4) is 0 Å². The first-order valence-corrected chi connectivity index (χ1v) is 11.2. The molecule has 0 spiro atoms. The van der Waals surface area contributed by atoms with E-state index in [0.29, 0.717) is 25.3 Å². The topological polar surface area (TPSA) is 71.1 Å². The highest BCUT2D eigenvalue weighted by Gasteiger charge is 2.42. The number of rotatable bonds is 6. The molecule has 0 aliphatic carbocycles. The Labute approximate surface area is 182 Å². The maximum absolute atomic E-state index is 13.4. The third kappa shape index (κ3) is 5.07. The van der Waals surface area contributed by atoms with Gasteiger partial charge >= 0.3 is 0 Å². The van der Waals surface area contributed by atoms with Crippen molar-refractivity contribution < 1.29 is 23.5 Å². The predicted octanol–water partition coefficient (Wildman–Crippen LogP) is 1.73. The molecule has 2 atom stereocenters. The second-order valence-electron chi connectivity index (χ2n) is 9.05. The number of benzene rings is 1. The zero-order valence-corrected chi connectivity index (χ0v) is 18.1. The van der Waals surface area contributed by atoms with Gasteiger partial charge in [-0.3, -0.25) is 9.59 Å². The molecule has 3 aliphatic rings. The van der Waals surface area contributed by atoms with Crippen LogP contribution in [0.4, 0.5) is 4.39 Å². The molecule has 2 amide bonds. The number of likely N-dealkylation sites (N-methyl/N-ethyl adjacent to an activating group) is 1. The van der Waals surface area contributed by atoms with Crippen molar-refractivity contribution in [2.24, 2.45) is 5.41 Å². The number of nitrogens with zero attached hydrogens (tertiary/aromatic N) is 2. The normalized spacial score (nSPS) is 26.8. The molecule has 1 N–H and O–H groups in total. The van der Waals surface area contributed by atoms with Gasteiger partial charge in [-0.1, -0.05) is 12.1 Å². The summed E-state index contributed by atoms with van der Waals surface area (Å²) in [6.45, 7) is 5.02. The average Bonchev–Trinajstić information content (AvgIpc) is 3.28. The van der Waals surface area contributed by atoms with Gasteiger partial charge in [0.2, 0.25) is 5.91 Å². The lowest BCUT2D eigenvalue weighted by atomic mass is 9.79. The number of amides is 2. The van der Waals surface area contributed by atoms with Gasteiger partial charge in [-0.25, -0.2) is 4.39 Å². The lowest BCUT2D eigenvalue weighted by molar-refractivity contribution is -0.162. The summed E-state index contributed by atoms with van der Waals surface area (Å²) in [4.78, 5) is 29.5. The Bertz CT molecular complexity index is 776. The van der Waals surface area contributed by atoms with Gasteiger partial charge in [-0.05, 0) is 56.5 Å². The van der Waals surface area contributed by atoms with E-state index in [1.54, 1.807) is 19.2 Å². The SMILES string of the molecule is CN1C(=O)COC(C(=O)NCC2(CN3CCCC3)CCOCC2)C1c1ccc(F)cc1. The molecular formula is C23H32FN3O4. The van der Waals surface area contributed by atoms with E-state index in [1.165, 1.54) is 29.9 Å². The van der Waals surface area contributed by atoms with E-state index >= 15 is 0 Å². The molecule has 0 radical (unpaired) electrons. The molecule has 7 nitrogen and oxygen atoms in total. The van der Waals surface area contributed by atoms with E-state index in [0.717, 1.165) is 32.5 Å². The molecule has 3 fully saturated rings. The first-order valence-electron chi connectivity index (χ1n) is 11.2. The Kier molecular flexibility index (Phi) is 6.89. The highest BCUT2D eigenvalue weighted by molar-refractivity contribution is 5.86. The summed E-state index contributed by atoms with van der Waals surface area (Å²) in [7, 11) is 1.66. The Hall–Kier alpha value is -2.03. The van der Waals surface area contributed by atoms with Gasteiger partial charge in [0.1, 0.15) is 12.4 Å². The Morgan fingerprint density at radius 1 is 1.19 bits per heavy atom. The molecule has 2 unspecified atom stereocenters. The average molecular weight is 434 g/mol. The standard InChI is InChI=1S/C23H32FN3O4/c1-26-19(28)14-31-21(20(26)17-4-6-18(24)7-5-17)22(29)25-15-23(8-12-30-13-9-23)16-27-10-2-3-11-27/h4-7,20-21H,2-3,8-16H2,1H3,(H,25,29). The zero-order valence-electron chi connectivity index (χ0n) is 18.1. The first kappa shape index (κ1) is 22.2. The molecular weight excluding hydrogens is 401 g/mol. The molecule has 0 saturated carbocycles. The zero-order chi connectivity index (χ0) is 21.8. The van der Waals surface area contributed by atoms with Crippen LogP contribution in [0.25, 0.3) is 0 Å². The predicted molar refractivity (Wildman–Crippen MR) is 113 cm³/mol. The van der Waals surface area contributed by atoms with Crippen molar-refractivity contribution in [2.45, 2.75) is 37.8 Å². The summed E-state index contributed by atoms with van der Waals surface area (Å²) in [6, 6.07) is 5.29. The minimum Gasteiger partial charge on any atom is -0.381 e. The molecule has 3 aliphatic heterocycles. The fourth-order valence-corrected chi connectivity index (χ4v) is 4.98. The van der Waals surface area contributed by atoms with E-state index in [4.69, 9.17) is 9.47 Å². The van der Waals surface area contributed by atoms with E-state index in [1.807, 2.05) is 0 Å². The molecule has 3 saturated heterocycles. The number of hydrogen-bond acceptors (Lipinski definition) is 5. The molecule has 170 valence electrons. The lowest BCUT2D eigenvalue weighted by Gasteiger charge is -2.42. The Balaban J connectivity index is 1.47. The van der Waals surface area contributed by atoms with Gasteiger partial charge in [-0.2, -0.15) is 0 Å². The second kappa shape index (κ2) is 9.63. The van der Waals surface area contributed by atoms with Crippen LogP contribution < -0.4 is 5.32 Å². The number of halogens is 1.